The van der Waals surface area contributed by atoms with Crippen LogP contribution in [0.15, 0.2) is 36.7 Å². The van der Waals surface area contributed by atoms with Crippen LogP contribution in [0.3, 0.4) is 0 Å². The van der Waals surface area contributed by atoms with Gasteiger partial charge in [0.25, 0.3) is 5.91 Å². The molecule has 0 saturated carbocycles. The Bertz CT molecular complexity index is 852. The summed E-state index contributed by atoms with van der Waals surface area (Å²) in [7, 11) is -1.35. The molecule has 128 valence electrons. The van der Waals surface area contributed by atoms with E-state index < -0.39 is 10.0 Å². The van der Waals surface area contributed by atoms with Crippen LogP contribution in [0.25, 0.3) is 11.1 Å². The summed E-state index contributed by atoms with van der Waals surface area (Å²) in [6.07, 6.45) is 4.85. The molecule has 1 amide bonds. The van der Waals surface area contributed by atoms with Gasteiger partial charge in [0, 0.05) is 50.6 Å². The molecule has 1 aromatic carbocycles. The molecule has 2 aromatic rings. The van der Waals surface area contributed by atoms with E-state index in [0.717, 1.165) is 11.1 Å². The third kappa shape index (κ3) is 3.49. The highest BCUT2D eigenvalue weighted by Crippen LogP contribution is 2.21. The molecule has 1 aliphatic rings. The van der Waals surface area contributed by atoms with Crippen molar-refractivity contribution in [1.82, 2.24) is 19.0 Å². The predicted molar refractivity (Wildman–Crippen MR) is 91.0 cm³/mol. The lowest BCUT2D eigenvalue weighted by molar-refractivity contribution is 0.0698. The second-order valence-electron chi connectivity index (χ2n) is 5.94. The van der Waals surface area contributed by atoms with Crippen LogP contribution < -0.4 is 0 Å². The van der Waals surface area contributed by atoms with Crippen molar-refractivity contribution in [3.8, 4) is 11.1 Å². The number of aryl methyl sites for hydroxylation is 1. The molecule has 2 heterocycles. The average molecular weight is 348 g/mol. The molecule has 7 nitrogen and oxygen atoms in total. The van der Waals surface area contributed by atoms with Crippen molar-refractivity contribution in [2.75, 3.05) is 32.4 Å². The molecule has 0 bridgehead atoms. The van der Waals surface area contributed by atoms with Gasteiger partial charge in [-0.25, -0.2) is 8.42 Å². The molecule has 3 rings (SSSR count). The summed E-state index contributed by atoms with van der Waals surface area (Å²) in [4.78, 5) is 14.4. The molecule has 1 aromatic heterocycles. The first kappa shape index (κ1) is 16.7. The maximum atomic E-state index is 12.7. The van der Waals surface area contributed by atoms with Crippen molar-refractivity contribution >= 4 is 15.9 Å². The van der Waals surface area contributed by atoms with Crippen molar-refractivity contribution in [3.05, 3.63) is 42.2 Å². The van der Waals surface area contributed by atoms with Gasteiger partial charge in [-0.05, 0) is 17.7 Å². The number of aromatic nitrogens is 2. The van der Waals surface area contributed by atoms with E-state index in [9.17, 15) is 13.2 Å². The van der Waals surface area contributed by atoms with E-state index in [1.807, 2.05) is 31.4 Å². The molecule has 0 unspecified atom stereocenters. The van der Waals surface area contributed by atoms with Crippen LogP contribution in [-0.4, -0.2) is 65.7 Å². The van der Waals surface area contributed by atoms with Gasteiger partial charge in [-0.2, -0.15) is 9.40 Å². The standard InChI is InChI=1S/C16H20N4O3S/c1-18-12-15(11-17-18)13-4-3-5-14(10-13)16(21)19-6-8-20(9-7-19)24(2,22)23/h3-5,10-12H,6-9H2,1-2H3. The minimum absolute atomic E-state index is 0.0751. The molecule has 0 radical (unpaired) electrons. The Labute approximate surface area is 141 Å². The zero-order chi connectivity index (χ0) is 17.3. The van der Waals surface area contributed by atoms with Gasteiger partial charge in [0.15, 0.2) is 0 Å². The normalized spacial score (nSPS) is 16.3. The molecule has 0 atom stereocenters. The first-order chi connectivity index (χ1) is 11.3. The van der Waals surface area contributed by atoms with Gasteiger partial charge in [0.1, 0.15) is 0 Å². The zero-order valence-corrected chi connectivity index (χ0v) is 14.5. The highest BCUT2D eigenvalue weighted by molar-refractivity contribution is 7.88. The fraction of sp³-hybridized carbons (Fsp3) is 0.375. The van der Waals surface area contributed by atoms with E-state index >= 15 is 0 Å². The second-order valence-corrected chi connectivity index (χ2v) is 7.92. The van der Waals surface area contributed by atoms with Crippen molar-refractivity contribution in [3.63, 3.8) is 0 Å². The van der Waals surface area contributed by atoms with Crippen LogP contribution in [0.1, 0.15) is 10.4 Å². The fourth-order valence-electron chi connectivity index (χ4n) is 2.81. The highest BCUT2D eigenvalue weighted by Gasteiger charge is 2.26. The number of piperazine rings is 1. The van der Waals surface area contributed by atoms with E-state index in [1.165, 1.54) is 10.6 Å². The zero-order valence-electron chi connectivity index (χ0n) is 13.7. The number of benzene rings is 1. The molecule has 0 spiro atoms. The summed E-state index contributed by atoms with van der Waals surface area (Å²) < 4.78 is 26.2. The molecular weight excluding hydrogens is 328 g/mol. The van der Waals surface area contributed by atoms with E-state index in [2.05, 4.69) is 5.10 Å². The van der Waals surface area contributed by atoms with Gasteiger partial charge in [-0.1, -0.05) is 12.1 Å². The van der Waals surface area contributed by atoms with Gasteiger partial charge in [0.05, 0.1) is 12.5 Å². The topological polar surface area (TPSA) is 75.5 Å². The van der Waals surface area contributed by atoms with Crippen molar-refractivity contribution in [2.45, 2.75) is 0 Å². The number of carbonyl (C=O) groups excluding carboxylic acids is 1. The Kier molecular flexibility index (Phi) is 4.42. The predicted octanol–water partition coefficient (Wildman–Crippen LogP) is 0.804. The Balaban J connectivity index is 1.74. The second kappa shape index (κ2) is 6.37. The lowest BCUT2D eigenvalue weighted by atomic mass is 10.1. The number of sulfonamides is 1. The lowest BCUT2D eigenvalue weighted by Gasteiger charge is -2.33. The highest BCUT2D eigenvalue weighted by atomic mass is 32.2. The van der Waals surface area contributed by atoms with Gasteiger partial charge >= 0.3 is 0 Å². The van der Waals surface area contributed by atoms with Crippen molar-refractivity contribution in [1.29, 1.82) is 0 Å². The van der Waals surface area contributed by atoms with E-state index in [-0.39, 0.29) is 5.91 Å². The largest absolute Gasteiger partial charge is 0.336 e. The number of hydrogen-bond donors (Lipinski definition) is 0. The first-order valence-corrected chi connectivity index (χ1v) is 9.53. The third-order valence-electron chi connectivity index (χ3n) is 4.14. The van der Waals surface area contributed by atoms with Crippen molar-refractivity contribution in [2.24, 2.45) is 7.05 Å². The number of carbonyl (C=O) groups is 1. The van der Waals surface area contributed by atoms with E-state index in [0.29, 0.717) is 31.7 Å². The monoisotopic (exact) mass is 348 g/mol. The number of rotatable bonds is 3. The molecule has 8 heteroatoms. The van der Waals surface area contributed by atoms with E-state index in [4.69, 9.17) is 0 Å². The summed E-state index contributed by atoms with van der Waals surface area (Å²) in [6.45, 7) is 1.49. The first-order valence-electron chi connectivity index (χ1n) is 7.68. The van der Waals surface area contributed by atoms with Crippen molar-refractivity contribution < 1.29 is 13.2 Å². The van der Waals surface area contributed by atoms with Crippen LogP contribution in [-0.2, 0) is 17.1 Å². The summed E-state index contributed by atoms with van der Waals surface area (Å²) in [5, 5.41) is 4.15. The van der Waals surface area contributed by atoms with Crippen LogP contribution in [0, 0.1) is 0 Å². The summed E-state index contributed by atoms with van der Waals surface area (Å²) in [5.74, 6) is -0.0751. The average Bonchev–Trinajstić information content (AvgIpc) is 3.00. The quantitative estimate of drug-likeness (QED) is 0.822. The summed E-state index contributed by atoms with van der Waals surface area (Å²) in [6, 6.07) is 7.42. The molecule has 1 fully saturated rings. The van der Waals surface area contributed by atoms with Crippen LogP contribution in [0.5, 0.6) is 0 Å². The SMILES string of the molecule is Cn1cc(-c2cccc(C(=O)N3CCN(S(C)(=O)=O)CC3)c2)cn1. The maximum absolute atomic E-state index is 12.7. The van der Waals surface area contributed by atoms with Crippen LogP contribution >= 0.6 is 0 Å². The summed E-state index contributed by atoms with van der Waals surface area (Å²) >= 11 is 0. The molecular formula is C16H20N4O3S. The molecule has 1 aliphatic heterocycles. The molecule has 24 heavy (non-hydrogen) atoms. The Morgan fingerprint density at radius 1 is 1.12 bits per heavy atom. The third-order valence-corrected chi connectivity index (χ3v) is 5.45. The Morgan fingerprint density at radius 2 is 1.83 bits per heavy atom. The molecule has 0 aliphatic carbocycles. The summed E-state index contributed by atoms with van der Waals surface area (Å²) in [5.41, 5.74) is 2.49. The van der Waals surface area contributed by atoms with Crippen LogP contribution in [0.2, 0.25) is 0 Å². The minimum Gasteiger partial charge on any atom is -0.336 e. The van der Waals surface area contributed by atoms with Gasteiger partial charge in [-0.3, -0.25) is 9.48 Å². The molecule has 1 saturated heterocycles. The lowest BCUT2D eigenvalue weighted by Crippen LogP contribution is -2.50. The van der Waals surface area contributed by atoms with Gasteiger partial charge in [-0.15, -0.1) is 0 Å². The van der Waals surface area contributed by atoms with Gasteiger partial charge < -0.3 is 4.90 Å². The Morgan fingerprint density at radius 3 is 2.42 bits per heavy atom. The maximum Gasteiger partial charge on any atom is 0.253 e. The van der Waals surface area contributed by atoms with Crippen LogP contribution in [0.4, 0.5) is 0 Å². The minimum atomic E-state index is -3.19. The number of amides is 1. The Hall–Kier alpha value is -2.19. The molecule has 0 N–H and O–H groups in total. The number of hydrogen-bond acceptors (Lipinski definition) is 4. The smallest absolute Gasteiger partial charge is 0.253 e. The number of nitrogens with zero attached hydrogens (tertiary/aromatic N) is 4. The van der Waals surface area contributed by atoms with E-state index in [1.54, 1.807) is 21.8 Å². The fourth-order valence-corrected chi connectivity index (χ4v) is 3.63. The van der Waals surface area contributed by atoms with Gasteiger partial charge in [0.2, 0.25) is 10.0 Å².